The van der Waals surface area contributed by atoms with Crippen LogP contribution in [-0.4, -0.2) is 44.5 Å². The summed E-state index contributed by atoms with van der Waals surface area (Å²) in [6, 6.07) is 13.8. The van der Waals surface area contributed by atoms with Crippen molar-refractivity contribution in [3.8, 4) is 0 Å². The number of sulfonamides is 1. The van der Waals surface area contributed by atoms with Gasteiger partial charge in [-0.25, -0.2) is 13.4 Å². The Bertz CT molecular complexity index is 979. The highest BCUT2D eigenvalue weighted by atomic mass is 32.2. The molecule has 1 aliphatic rings. The highest BCUT2D eigenvalue weighted by molar-refractivity contribution is 7.89. The zero-order valence-corrected chi connectivity index (χ0v) is 15.8. The summed E-state index contributed by atoms with van der Waals surface area (Å²) in [6.07, 6.45) is 0. The number of likely N-dealkylation sites (N-methyl/N-ethyl adjacent to an activating group) is 1. The Labute approximate surface area is 153 Å². The van der Waals surface area contributed by atoms with Gasteiger partial charge in [-0.3, -0.25) is 4.79 Å². The van der Waals surface area contributed by atoms with Crippen LogP contribution in [0.5, 0.6) is 0 Å². The molecule has 0 bridgehead atoms. The minimum Gasteiger partial charge on any atom is -0.309 e. The van der Waals surface area contributed by atoms with Crippen molar-refractivity contribution in [2.75, 3.05) is 25.0 Å². The van der Waals surface area contributed by atoms with Crippen molar-refractivity contribution in [3.63, 3.8) is 0 Å². The van der Waals surface area contributed by atoms with E-state index in [0.717, 1.165) is 11.3 Å². The maximum Gasteiger partial charge on any atom is 0.277 e. The molecular formula is C19H21N3O3S. The molecule has 0 saturated carbocycles. The largest absolute Gasteiger partial charge is 0.309 e. The molecule has 0 aromatic heterocycles. The summed E-state index contributed by atoms with van der Waals surface area (Å²) in [6.45, 7) is 4.40. The first kappa shape index (κ1) is 18.3. The molecule has 6 nitrogen and oxygen atoms in total. The number of carbonyl (C=O) groups is 1. The van der Waals surface area contributed by atoms with E-state index in [1.54, 1.807) is 44.0 Å². The van der Waals surface area contributed by atoms with Gasteiger partial charge in [-0.15, -0.1) is 0 Å². The molecule has 1 heterocycles. The molecule has 1 aliphatic heterocycles. The minimum atomic E-state index is -3.57. The van der Waals surface area contributed by atoms with Crippen LogP contribution in [0.25, 0.3) is 0 Å². The maximum atomic E-state index is 12.7. The first-order valence-electron chi connectivity index (χ1n) is 8.46. The molecule has 136 valence electrons. The molecule has 0 saturated heterocycles. The zero-order valence-electron chi connectivity index (χ0n) is 15.0. The van der Waals surface area contributed by atoms with Gasteiger partial charge in [0.15, 0.2) is 0 Å². The monoisotopic (exact) mass is 371 g/mol. The number of amides is 1. The standard InChI is InChI=1S/C19H21N3O3S/c1-4-22(5-2)26(24,25)15-10-8-9-14(13-15)20-18-16-11-6-7-12-17(16)21(3)19(18)23/h6-13H,4-5H2,1-3H3. The normalized spacial score (nSPS) is 15.8. The fourth-order valence-corrected chi connectivity index (χ4v) is 4.51. The third kappa shape index (κ3) is 3.04. The van der Waals surface area contributed by atoms with Gasteiger partial charge in [0.1, 0.15) is 5.71 Å². The van der Waals surface area contributed by atoms with Gasteiger partial charge in [0, 0.05) is 25.7 Å². The topological polar surface area (TPSA) is 70.0 Å². The fourth-order valence-electron chi connectivity index (χ4n) is 3.01. The van der Waals surface area contributed by atoms with E-state index in [4.69, 9.17) is 0 Å². The summed E-state index contributed by atoms with van der Waals surface area (Å²) >= 11 is 0. The summed E-state index contributed by atoms with van der Waals surface area (Å²) in [7, 11) is -1.87. The number of hydrogen-bond donors (Lipinski definition) is 0. The lowest BCUT2D eigenvalue weighted by atomic mass is 10.1. The molecule has 0 radical (unpaired) electrons. The Morgan fingerprint density at radius 1 is 1.04 bits per heavy atom. The number of rotatable bonds is 5. The van der Waals surface area contributed by atoms with E-state index in [1.807, 2.05) is 24.3 Å². The second-order valence-corrected chi connectivity index (χ2v) is 7.87. The Balaban J connectivity index is 2.05. The lowest BCUT2D eigenvalue weighted by molar-refractivity contribution is -0.111. The molecule has 0 atom stereocenters. The highest BCUT2D eigenvalue weighted by Gasteiger charge is 2.31. The van der Waals surface area contributed by atoms with Crippen molar-refractivity contribution in [2.24, 2.45) is 4.99 Å². The van der Waals surface area contributed by atoms with Gasteiger partial charge in [0.25, 0.3) is 5.91 Å². The number of hydrogen-bond acceptors (Lipinski definition) is 4. The van der Waals surface area contributed by atoms with Crippen LogP contribution in [0, 0.1) is 0 Å². The van der Waals surface area contributed by atoms with Crippen LogP contribution >= 0.6 is 0 Å². The third-order valence-electron chi connectivity index (χ3n) is 4.43. The predicted octanol–water partition coefficient (Wildman–Crippen LogP) is 2.81. The van der Waals surface area contributed by atoms with Gasteiger partial charge in [-0.1, -0.05) is 38.1 Å². The van der Waals surface area contributed by atoms with E-state index in [9.17, 15) is 13.2 Å². The summed E-state index contributed by atoms with van der Waals surface area (Å²) < 4.78 is 26.8. The summed E-state index contributed by atoms with van der Waals surface area (Å²) in [5, 5.41) is 0. The molecule has 0 N–H and O–H groups in total. The molecule has 0 aliphatic carbocycles. The highest BCUT2D eigenvalue weighted by Crippen LogP contribution is 2.30. The van der Waals surface area contributed by atoms with Crippen LogP contribution in [-0.2, 0) is 14.8 Å². The Hall–Kier alpha value is -2.51. The van der Waals surface area contributed by atoms with Gasteiger partial charge >= 0.3 is 0 Å². The van der Waals surface area contributed by atoms with Crippen molar-refractivity contribution in [2.45, 2.75) is 18.7 Å². The number of benzene rings is 2. The second-order valence-electron chi connectivity index (χ2n) is 5.93. The Kier molecular flexibility index (Phi) is 4.93. The van der Waals surface area contributed by atoms with E-state index >= 15 is 0 Å². The molecule has 1 amide bonds. The molecular weight excluding hydrogens is 350 g/mol. The molecule has 0 unspecified atom stereocenters. The molecule has 2 aromatic rings. The number of para-hydroxylation sites is 1. The first-order chi connectivity index (χ1) is 12.4. The van der Waals surface area contributed by atoms with Crippen LogP contribution in [0.4, 0.5) is 11.4 Å². The van der Waals surface area contributed by atoms with Crippen LogP contribution in [0.15, 0.2) is 58.4 Å². The van der Waals surface area contributed by atoms with Gasteiger partial charge in [-0.2, -0.15) is 4.31 Å². The Morgan fingerprint density at radius 3 is 2.42 bits per heavy atom. The number of fused-ring (bicyclic) bond motifs is 1. The van der Waals surface area contributed by atoms with Crippen molar-refractivity contribution in [3.05, 3.63) is 54.1 Å². The lowest BCUT2D eigenvalue weighted by Gasteiger charge is -2.18. The van der Waals surface area contributed by atoms with E-state index in [1.165, 1.54) is 10.4 Å². The van der Waals surface area contributed by atoms with E-state index in [0.29, 0.717) is 24.5 Å². The van der Waals surface area contributed by atoms with Gasteiger partial charge in [0.05, 0.1) is 16.3 Å². The van der Waals surface area contributed by atoms with Crippen molar-refractivity contribution in [1.82, 2.24) is 4.31 Å². The second kappa shape index (κ2) is 7.01. The first-order valence-corrected chi connectivity index (χ1v) is 9.90. The fraction of sp³-hybridized carbons (Fsp3) is 0.263. The minimum absolute atomic E-state index is 0.176. The van der Waals surface area contributed by atoms with Crippen molar-refractivity contribution >= 4 is 33.0 Å². The average molecular weight is 371 g/mol. The smallest absolute Gasteiger partial charge is 0.277 e. The number of nitrogens with zero attached hydrogens (tertiary/aromatic N) is 3. The quantitative estimate of drug-likeness (QED) is 0.811. The van der Waals surface area contributed by atoms with E-state index < -0.39 is 10.0 Å². The third-order valence-corrected chi connectivity index (χ3v) is 6.48. The summed E-state index contributed by atoms with van der Waals surface area (Å²) in [5.74, 6) is -0.205. The van der Waals surface area contributed by atoms with Gasteiger partial charge in [0.2, 0.25) is 10.0 Å². The lowest BCUT2D eigenvalue weighted by Crippen LogP contribution is -2.30. The number of aliphatic imine (C=N–C) groups is 1. The maximum absolute atomic E-state index is 12.7. The van der Waals surface area contributed by atoms with Crippen LogP contribution in [0.2, 0.25) is 0 Å². The Morgan fingerprint density at radius 2 is 1.73 bits per heavy atom. The van der Waals surface area contributed by atoms with Crippen molar-refractivity contribution in [1.29, 1.82) is 0 Å². The van der Waals surface area contributed by atoms with Gasteiger partial charge in [-0.05, 0) is 24.3 Å². The zero-order chi connectivity index (χ0) is 18.9. The molecule has 3 rings (SSSR count). The van der Waals surface area contributed by atoms with E-state index in [2.05, 4.69) is 4.99 Å². The number of anilines is 1. The summed E-state index contributed by atoms with van der Waals surface area (Å²) in [5.41, 5.74) is 2.30. The van der Waals surface area contributed by atoms with Crippen LogP contribution in [0.1, 0.15) is 19.4 Å². The SMILES string of the molecule is CCN(CC)S(=O)(=O)c1cccc(N=C2C(=O)N(C)c3ccccc32)c1. The molecule has 7 heteroatoms. The van der Waals surface area contributed by atoms with Gasteiger partial charge < -0.3 is 4.90 Å². The molecule has 26 heavy (non-hydrogen) atoms. The van der Waals surface area contributed by atoms with E-state index in [-0.39, 0.29) is 10.8 Å². The predicted molar refractivity (Wildman–Crippen MR) is 103 cm³/mol. The average Bonchev–Trinajstić information content (AvgIpc) is 2.88. The van der Waals surface area contributed by atoms with Crippen molar-refractivity contribution < 1.29 is 13.2 Å². The van der Waals surface area contributed by atoms with Crippen LogP contribution in [0.3, 0.4) is 0 Å². The number of carbonyl (C=O) groups excluding carboxylic acids is 1. The molecule has 0 fully saturated rings. The molecule has 2 aromatic carbocycles. The summed E-state index contributed by atoms with van der Waals surface area (Å²) in [4.78, 5) is 18.7. The molecule has 0 spiro atoms. The van der Waals surface area contributed by atoms with Crippen LogP contribution < -0.4 is 4.90 Å².